The molecule has 4 heteroatoms. The van der Waals surface area contributed by atoms with Gasteiger partial charge in [-0.25, -0.2) is 9.97 Å². The number of nitrogens with zero attached hydrogens (tertiary/aromatic N) is 3. The third-order valence-corrected chi connectivity index (χ3v) is 2.40. The van der Waals surface area contributed by atoms with Crippen LogP contribution in [0.3, 0.4) is 0 Å². The zero-order chi connectivity index (χ0) is 10.8. The molecule has 0 atom stereocenters. The molecule has 0 saturated heterocycles. The van der Waals surface area contributed by atoms with Crippen LogP contribution in [0.2, 0.25) is 0 Å². The third-order valence-electron chi connectivity index (χ3n) is 2.40. The molecule has 1 aliphatic heterocycles. The summed E-state index contributed by atoms with van der Waals surface area (Å²) in [7, 11) is 0. The molecular formula is C12H9N3O. The van der Waals surface area contributed by atoms with Crippen molar-refractivity contribution in [3.8, 4) is 5.88 Å². The van der Waals surface area contributed by atoms with Gasteiger partial charge in [-0.2, -0.15) is 0 Å². The van der Waals surface area contributed by atoms with Crippen molar-refractivity contribution in [3.63, 3.8) is 0 Å². The molecule has 78 valence electrons. The van der Waals surface area contributed by atoms with Crippen molar-refractivity contribution in [2.45, 2.75) is 6.61 Å². The summed E-state index contributed by atoms with van der Waals surface area (Å²) in [5.41, 5.74) is 2.79. The molecule has 0 unspecified atom stereocenters. The van der Waals surface area contributed by atoms with E-state index in [1.54, 1.807) is 12.4 Å². The van der Waals surface area contributed by atoms with Crippen molar-refractivity contribution in [2.75, 3.05) is 0 Å². The van der Waals surface area contributed by atoms with Gasteiger partial charge in [0, 0.05) is 18.0 Å². The number of hydrogen-bond acceptors (Lipinski definition) is 4. The number of aliphatic imine (C=N–C) groups is 1. The molecule has 0 radical (unpaired) electrons. The van der Waals surface area contributed by atoms with Crippen LogP contribution in [0.4, 0.5) is 5.69 Å². The predicted octanol–water partition coefficient (Wildman–Crippen LogP) is 2.12. The Morgan fingerprint density at radius 3 is 3.12 bits per heavy atom. The summed E-state index contributed by atoms with van der Waals surface area (Å²) in [5, 5.41) is 0. The molecule has 2 heterocycles. The molecule has 2 aromatic rings. The van der Waals surface area contributed by atoms with Gasteiger partial charge >= 0.3 is 0 Å². The van der Waals surface area contributed by atoms with Crippen LogP contribution < -0.4 is 4.74 Å². The monoisotopic (exact) mass is 211 g/mol. The molecule has 0 fully saturated rings. The van der Waals surface area contributed by atoms with Crippen LogP contribution in [0.1, 0.15) is 11.1 Å². The zero-order valence-electron chi connectivity index (χ0n) is 8.50. The van der Waals surface area contributed by atoms with Gasteiger partial charge in [0.2, 0.25) is 5.88 Å². The van der Waals surface area contributed by atoms with Gasteiger partial charge in [-0.3, -0.25) is 4.99 Å². The van der Waals surface area contributed by atoms with Crippen molar-refractivity contribution in [1.82, 2.24) is 9.97 Å². The highest BCUT2D eigenvalue weighted by atomic mass is 16.5. The van der Waals surface area contributed by atoms with E-state index in [0.29, 0.717) is 12.5 Å². The molecule has 3 rings (SSSR count). The average molecular weight is 211 g/mol. The number of hydrogen-bond donors (Lipinski definition) is 0. The first-order valence-electron chi connectivity index (χ1n) is 4.98. The topological polar surface area (TPSA) is 47.4 Å². The Hall–Kier alpha value is -2.23. The van der Waals surface area contributed by atoms with Crippen molar-refractivity contribution in [2.24, 2.45) is 4.99 Å². The highest BCUT2D eigenvalue weighted by Crippen LogP contribution is 2.24. The van der Waals surface area contributed by atoms with Gasteiger partial charge in [0.25, 0.3) is 0 Å². The summed E-state index contributed by atoms with van der Waals surface area (Å²) in [5.74, 6) is 0.577. The van der Waals surface area contributed by atoms with E-state index >= 15 is 0 Å². The second kappa shape index (κ2) is 3.73. The predicted molar refractivity (Wildman–Crippen MR) is 60.1 cm³/mol. The van der Waals surface area contributed by atoms with Crippen LogP contribution in [-0.2, 0) is 6.61 Å². The molecule has 0 saturated carbocycles. The lowest BCUT2D eigenvalue weighted by atomic mass is 10.2. The summed E-state index contributed by atoms with van der Waals surface area (Å²) in [4.78, 5) is 12.4. The lowest BCUT2D eigenvalue weighted by Gasteiger charge is -2.11. The fraction of sp³-hybridized carbons (Fsp3) is 0.0833. The van der Waals surface area contributed by atoms with Gasteiger partial charge in [-0.05, 0) is 6.07 Å². The molecule has 1 aliphatic rings. The van der Waals surface area contributed by atoms with E-state index in [0.717, 1.165) is 16.8 Å². The van der Waals surface area contributed by atoms with Gasteiger partial charge in [0.1, 0.15) is 12.9 Å². The van der Waals surface area contributed by atoms with Crippen molar-refractivity contribution in [3.05, 3.63) is 47.9 Å². The second-order valence-corrected chi connectivity index (χ2v) is 3.46. The lowest BCUT2D eigenvalue weighted by Crippen LogP contribution is -2.03. The SMILES string of the molecule is C1=Nc2ccccc2COc2ncncc21. The standard InChI is InChI=1S/C12H9N3O/c1-2-4-11-9(3-1)7-16-12-10(6-14-11)5-13-8-15-12/h1-6,8H,7H2. The average Bonchev–Trinajstić information content (AvgIpc) is 2.32. The quantitative estimate of drug-likeness (QED) is 0.670. The molecule has 4 nitrogen and oxygen atoms in total. The van der Waals surface area contributed by atoms with E-state index in [2.05, 4.69) is 15.0 Å². The molecule has 0 amide bonds. The first-order valence-corrected chi connectivity index (χ1v) is 4.98. The first kappa shape index (κ1) is 9.03. The summed E-state index contributed by atoms with van der Waals surface area (Å²) in [6.45, 7) is 0.484. The number of ether oxygens (including phenoxy) is 1. The first-order chi connectivity index (χ1) is 7.93. The Bertz CT molecular complexity index is 502. The van der Waals surface area contributed by atoms with E-state index in [-0.39, 0.29) is 0 Å². The molecule has 0 bridgehead atoms. The number of benzene rings is 1. The van der Waals surface area contributed by atoms with Gasteiger partial charge in [-0.1, -0.05) is 18.2 Å². The third kappa shape index (κ3) is 1.54. The van der Waals surface area contributed by atoms with E-state index in [4.69, 9.17) is 4.74 Å². The van der Waals surface area contributed by atoms with E-state index < -0.39 is 0 Å². The zero-order valence-corrected chi connectivity index (χ0v) is 8.50. The van der Waals surface area contributed by atoms with Gasteiger partial charge in [0.05, 0.1) is 11.3 Å². The summed E-state index contributed by atoms with van der Waals surface area (Å²) in [6, 6.07) is 7.89. The van der Waals surface area contributed by atoms with Crippen LogP contribution in [0.5, 0.6) is 5.88 Å². The Labute approximate surface area is 92.7 Å². The van der Waals surface area contributed by atoms with Crippen LogP contribution >= 0.6 is 0 Å². The highest BCUT2D eigenvalue weighted by Gasteiger charge is 2.09. The minimum absolute atomic E-state index is 0.484. The van der Waals surface area contributed by atoms with Crippen LogP contribution in [0.25, 0.3) is 0 Å². The maximum absolute atomic E-state index is 5.61. The molecular weight excluding hydrogens is 202 g/mol. The van der Waals surface area contributed by atoms with E-state index in [1.165, 1.54) is 6.33 Å². The minimum atomic E-state index is 0.484. The smallest absolute Gasteiger partial charge is 0.225 e. The maximum Gasteiger partial charge on any atom is 0.225 e. The van der Waals surface area contributed by atoms with Gasteiger partial charge in [-0.15, -0.1) is 0 Å². The molecule has 1 aromatic carbocycles. The van der Waals surface area contributed by atoms with Crippen molar-refractivity contribution in [1.29, 1.82) is 0 Å². The minimum Gasteiger partial charge on any atom is -0.472 e. The largest absolute Gasteiger partial charge is 0.472 e. The van der Waals surface area contributed by atoms with Crippen LogP contribution in [-0.4, -0.2) is 16.2 Å². The summed E-state index contributed by atoms with van der Waals surface area (Å²) < 4.78 is 5.61. The molecule has 0 N–H and O–H groups in total. The fourth-order valence-electron chi connectivity index (χ4n) is 1.58. The summed E-state index contributed by atoms with van der Waals surface area (Å²) >= 11 is 0. The number of aromatic nitrogens is 2. The molecule has 16 heavy (non-hydrogen) atoms. The van der Waals surface area contributed by atoms with Crippen LogP contribution in [0.15, 0.2) is 41.8 Å². The second-order valence-electron chi connectivity index (χ2n) is 3.46. The van der Waals surface area contributed by atoms with Crippen molar-refractivity contribution < 1.29 is 4.74 Å². The van der Waals surface area contributed by atoms with Gasteiger partial charge < -0.3 is 4.74 Å². The lowest BCUT2D eigenvalue weighted by molar-refractivity contribution is 0.292. The number of fused-ring (bicyclic) bond motifs is 2. The van der Waals surface area contributed by atoms with E-state index in [1.807, 2.05) is 24.3 Å². The van der Waals surface area contributed by atoms with E-state index in [9.17, 15) is 0 Å². The summed E-state index contributed by atoms with van der Waals surface area (Å²) in [6.07, 6.45) is 4.90. The molecule has 0 spiro atoms. The van der Waals surface area contributed by atoms with Crippen molar-refractivity contribution >= 4 is 11.9 Å². The molecule has 0 aliphatic carbocycles. The Morgan fingerprint density at radius 1 is 1.19 bits per heavy atom. The fourth-order valence-corrected chi connectivity index (χ4v) is 1.58. The highest BCUT2D eigenvalue weighted by molar-refractivity contribution is 5.84. The number of para-hydroxylation sites is 1. The Kier molecular flexibility index (Phi) is 2.11. The Morgan fingerprint density at radius 2 is 2.12 bits per heavy atom. The molecule has 1 aromatic heterocycles. The maximum atomic E-state index is 5.61. The Balaban J connectivity index is 2.10. The van der Waals surface area contributed by atoms with Crippen LogP contribution in [0, 0.1) is 0 Å². The number of rotatable bonds is 0. The normalized spacial score (nSPS) is 13.0. The van der Waals surface area contributed by atoms with Gasteiger partial charge in [0.15, 0.2) is 0 Å².